The predicted octanol–water partition coefficient (Wildman–Crippen LogP) is 0.718. The van der Waals surface area contributed by atoms with Crippen molar-refractivity contribution < 1.29 is 9.53 Å². The van der Waals surface area contributed by atoms with E-state index >= 15 is 0 Å². The van der Waals surface area contributed by atoms with E-state index in [1.807, 2.05) is 11.8 Å². The molecule has 4 heteroatoms. The summed E-state index contributed by atoms with van der Waals surface area (Å²) in [6.45, 7) is 6.04. The Morgan fingerprint density at radius 1 is 1.31 bits per heavy atom. The van der Waals surface area contributed by atoms with Crippen molar-refractivity contribution in [2.24, 2.45) is 0 Å². The third kappa shape index (κ3) is 2.38. The molecule has 2 rings (SSSR count). The summed E-state index contributed by atoms with van der Waals surface area (Å²) in [4.78, 5) is 15.9. The summed E-state index contributed by atoms with van der Waals surface area (Å²) >= 11 is 0. The number of piperidine rings is 1. The van der Waals surface area contributed by atoms with Crippen LogP contribution in [-0.4, -0.2) is 61.1 Å². The third-order valence-electron chi connectivity index (χ3n) is 3.84. The van der Waals surface area contributed by atoms with Crippen molar-refractivity contribution in [1.82, 2.24) is 9.80 Å². The van der Waals surface area contributed by atoms with E-state index in [-0.39, 0.29) is 0 Å². The van der Waals surface area contributed by atoms with Crippen LogP contribution >= 0.6 is 0 Å². The van der Waals surface area contributed by atoms with Crippen LogP contribution in [0.5, 0.6) is 0 Å². The Morgan fingerprint density at radius 3 is 2.44 bits per heavy atom. The van der Waals surface area contributed by atoms with Gasteiger partial charge in [-0.3, -0.25) is 9.69 Å². The van der Waals surface area contributed by atoms with Gasteiger partial charge in [0.1, 0.15) is 0 Å². The molecule has 0 aromatic heterocycles. The van der Waals surface area contributed by atoms with Crippen molar-refractivity contribution in [3.8, 4) is 0 Å². The van der Waals surface area contributed by atoms with Crippen LogP contribution in [0.3, 0.4) is 0 Å². The van der Waals surface area contributed by atoms with Crippen molar-refractivity contribution >= 4 is 5.91 Å². The number of carbonyl (C=O) groups is 1. The largest absolute Gasteiger partial charge is 0.381 e. The molecule has 4 nitrogen and oxygen atoms in total. The molecule has 2 heterocycles. The molecular formula is C12H22N2O2. The second-order valence-corrected chi connectivity index (χ2v) is 4.78. The number of methoxy groups -OCH3 is 1. The van der Waals surface area contributed by atoms with Crippen molar-refractivity contribution in [3.63, 3.8) is 0 Å². The lowest BCUT2D eigenvalue weighted by atomic mass is 10.0. The van der Waals surface area contributed by atoms with Gasteiger partial charge in [0.2, 0.25) is 5.91 Å². The topological polar surface area (TPSA) is 32.8 Å². The first-order valence-electron chi connectivity index (χ1n) is 6.29. The van der Waals surface area contributed by atoms with Crippen LogP contribution in [0.4, 0.5) is 0 Å². The molecule has 0 unspecified atom stereocenters. The summed E-state index contributed by atoms with van der Waals surface area (Å²) < 4.78 is 5.36. The van der Waals surface area contributed by atoms with Gasteiger partial charge in [-0.15, -0.1) is 0 Å². The minimum atomic E-state index is 0.294. The third-order valence-corrected chi connectivity index (χ3v) is 3.84. The number of ether oxygens (including phenoxy) is 1. The zero-order valence-electron chi connectivity index (χ0n) is 10.3. The highest BCUT2D eigenvalue weighted by molar-refractivity contribution is 5.76. The van der Waals surface area contributed by atoms with Crippen molar-refractivity contribution in [2.75, 3.05) is 33.3 Å². The maximum absolute atomic E-state index is 11.4. The highest BCUT2D eigenvalue weighted by Crippen LogP contribution is 2.21. The zero-order chi connectivity index (χ0) is 11.5. The fourth-order valence-corrected chi connectivity index (χ4v) is 2.59. The van der Waals surface area contributed by atoms with Gasteiger partial charge in [-0.25, -0.2) is 0 Å². The monoisotopic (exact) mass is 226 g/mol. The van der Waals surface area contributed by atoms with Gasteiger partial charge in [0.05, 0.1) is 6.10 Å². The Kier molecular flexibility index (Phi) is 3.82. The van der Waals surface area contributed by atoms with E-state index in [1.54, 1.807) is 7.11 Å². The average Bonchev–Trinajstić information content (AvgIpc) is 2.27. The molecule has 0 saturated carbocycles. The molecule has 0 spiro atoms. The van der Waals surface area contributed by atoms with Crippen molar-refractivity contribution in [2.45, 2.75) is 38.3 Å². The average molecular weight is 226 g/mol. The maximum Gasteiger partial charge on any atom is 0.222 e. The fourth-order valence-electron chi connectivity index (χ4n) is 2.59. The molecule has 0 atom stereocenters. The molecule has 16 heavy (non-hydrogen) atoms. The molecule has 92 valence electrons. The summed E-state index contributed by atoms with van der Waals surface area (Å²) in [6, 6.07) is 0.605. The second kappa shape index (κ2) is 5.15. The maximum atomic E-state index is 11.4. The lowest BCUT2D eigenvalue weighted by Gasteiger charge is -2.47. The van der Waals surface area contributed by atoms with Gasteiger partial charge in [-0.05, 0) is 12.8 Å². The van der Waals surface area contributed by atoms with Crippen molar-refractivity contribution in [1.29, 1.82) is 0 Å². The van der Waals surface area contributed by atoms with Gasteiger partial charge in [0.15, 0.2) is 0 Å². The molecule has 0 bridgehead atoms. The highest BCUT2D eigenvalue weighted by atomic mass is 16.5. The number of likely N-dealkylation sites (tertiary alicyclic amines) is 2. The SMILES string of the molecule is CCC(=O)N1CC(N2CCC(OC)CC2)C1. The normalized spacial score (nSPS) is 24.5. The van der Waals surface area contributed by atoms with Crippen LogP contribution in [0.1, 0.15) is 26.2 Å². The van der Waals surface area contributed by atoms with E-state index < -0.39 is 0 Å². The number of hydrogen-bond acceptors (Lipinski definition) is 3. The van der Waals surface area contributed by atoms with Crippen LogP contribution in [0.2, 0.25) is 0 Å². The van der Waals surface area contributed by atoms with Crippen LogP contribution < -0.4 is 0 Å². The van der Waals surface area contributed by atoms with Gasteiger partial charge in [0, 0.05) is 45.8 Å². The van der Waals surface area contributed by atoms with Gasteiger partial charge in [-0.1, -0.05) is 6.92 Å². The van der Waals surface area contributed by atoms with Crippen LogP contribution in [-0.2, 0) is 9.53 Å². The molecule has 1 amide bonds. The fraction of sp³-hybridized carbons (Fsp3) is 0.917. The smallest absolute Gasteiger partial charge is 0.222 e. The molecular weight excluding hydrogens is 204 g/mol. The van der Waals surface area contributed by atoms with Gasteiger partial charge >= 0.3 is 0 Å². The molecule has 2 saturated heterocycles. The summed E-state index contributed by atoms with van der Waals surface area (Å²) in [7, 11) is 1.80. The first-order chi connectivity index (χ1) is 7.74. The number of amides is 1. The highest BCUT2D eigenvalue weighted by Gasteiger charge is 2.35. The van der Waals surface area contributed by atoms with E-state index in [4.69, 9.17) is 4.74 Å². The van der Waals surface area contributed by atoms with E-state index in [9.17, 15) is 4.79 Å². The lowest BCUT2D eigenvalue weighted by molar-refractivity contribution is -0.139. The van der Waals surface area contributed by atoms with Crippen LogP contribution in [0.25, 0.3) is 0 Å². The van der Waals surface area contributed by atoms with Gasteiger partial charge in [-0.2, -0.15) is 0 Å². The molecule has 0 aliphatic carbocycles. The Labute approximate surface area is 97.5 Å². The number of carbonyl (C=O) groups excluding carboxylic acids is 1. The first-order valence-corrected chi connectivity index (χ1v) is 6.29. The van der Waals surface area contributed by atoms with Crippen LogP contribution in [0.15, 0.2) is 0 Å². The second-order valence-electron chi connectivity index (χ2n) is 4.78. The molecule has 0 radical (unpaired) electrons. The zero-order valence-corrected chi connectivity index (χ0v) is 10.3. The Morgan fingerprint density at radius 2 is 1.94 bits per heavy atom. The minimum Gasteiger partial charge on any atom is -0.381 e. The van der Waals surface area contributed by atoms with E-state index in [1.165, 1.54) is 0 Å². The van der Waals surface area contributed by atoms with E-state index in [0.717, 1.165) is 39.0 Å². The Bertz CT molecular complexity index is 243. The van der Waals surface area contributed by atoms with E-state index in [2.05, 4.69) is 4.90 Å². The Balaban J connectivity index is 1.71. The minimum absolute atomic E-state index is 0.294. The summed E-state index contributed by atoms with van der Waals surface area (Å²) in [6.07, 6.45) is 3.35. The number of rotatable bonds is 3. The number of hydrogen-bond donors (Lipinski definition) is 0. The summed E-state index contributed by atoms with van der Waals surface area (Å²) in [5, 5.41) is 0. The number of nitrogens with zero attached hydrogens (tertiary/aromatic N) is 2. The first kappa shape index (κ1) is 11.9. The van der Waals surface area contributed by atoms with Crippen LogP contribution in [0, 0.1) is 0 Å². The van der Waals surface area contributed by atoms with Crippen molar-refractivity contribution in [3.05, 3.63) is 0 Å². The van der Waals surface area contributed by atoms with E-state index in [0.29, 0.717) is 24.5 Å². The molecule has 0 aromatic carbocycles. The molecule has 0 aromatic rings. The molecule has 2 aliphatic rings. The standard InChI is InChI=1S/C12H22N2O2/c1-3-12(15)14-8-10(9-14)13-6-4-11(16-2)5-7-13/h10-11H,3-9H2,1-2H3. The van der Waals surface area contributed by atoms with Gasteiger partial charge in [0.25, 0.3) is 0 Å². The molecule has 2 fully saturated rings. The van der Waals surface area contributed by atoms with Gasteiger partial charge < -0.3 is 9.64 Å². The molecule has 0 N–H and O–H groups in total. The Hall–Kier alpha value is -0.610. The molecule has 2 aliphatic heterocycles. The quantitative estimate of drug-likeness (QED) is 0.711. The summed E-state index contributed by atoms with van der Waals surface area (Å²) in [5.74, 6) is 0.294. The lowest BCUT2D eigenvalue weighted by Crippen LogP contribution is -2.62. The predicted molar refractivity (Wildman–Crippen MR) is 62.3 cm³/mol. The summed E-state index contributed by atoms with van der Waals surface area (Å²) in [5.41, 5.74) is 0.